The molecule has 0 aliphatic heterocycles. The van der Waals surface area contributed by atoms with Gasteiger partial charge in [-0.1, -0.05) is 20.4 Å². The summed E-state index contributed by atoms with van der Waals surface area (Å²) in [4.78, 5) is 3.89. The van der Waals surface area contributed by atoms with Gasteiger partial charge in [0.1, 0.15) is 0 Å². The van der Waals surface area contributed by atoms with E-state index in [2.05, 4.69) is 32.3 Å². The van der Waals surface area contributed by atoms with Gasteiger partial charge in [-0.15, -0.1) is 0 Å². The number of hydrazine groups is 1. The molecule has 0 saturated heterocycles. The van der Waals surface area contributed by atoms with Crippen molar-refractivity contribution in [1.82, 2.24) is 5.01 Å². The van der Waals surface area contributed by atoms with E-state index in [4.69, 9.17) is 5.84 Å². The summed E-state index contributed by atoms with van der Waals surface area (Å²) in [6.07, 6.45) is 4.39. The van der Waals surface area contributed by atoms with Gasteiger partial charge in [-0.3, -0.25) is 10.8 Å². The Hall–Kier alpha value is -0.670. The molecule has 0 radical (unpaired) electrons. The van der Waals surface area contributed by atoms with E-state index in [1.54, 1.807) is 11.2 Å². The zero-order valence-electron chi connectivity index (χ0n) is 8.90. The molecule has 0 aliphatic carbocycles. The SMILES string of the molecule is C=C/N=C\CN(N)C(C)CC(C)C. The van der Waals surface area contributed by atoms with Crippen LogP contribution in [0.5, 0.6) is 0 Å². The van der Waals surface area contributed by atoms with E-state index >= 15 is 0 Å². The molecule has 0 aromatic heterocycles. The molecule has 0 spiro atoms. The molecule has 0 amide bonds. The maximum atomic E-state index is 5.81. The molecule has 0 bridgehead atoms. The number of rotatable bonds is 6. The lowest BCUT2D eigenvalue weighted by Crippen LogP contribution is -2.41. The normalized spacial score (nSPS) is 14.3. The van der Waals surface area contributed by atoms with Crippen molar-refractivity contribution in [2.75, 3.05) is 6.54 Å². The van der Waals surface area contributed by atoms with Crippen LogP contribution in [0.3, 0.4) is 0 Å². The molecule has 3 nitrogen and oxygen atoms in total. The van der Waals surface area contributed by atoms with Crippen molar-refractivity contribution in [1.29, 1.82) is 0 Å². The molecule has 13 heavy (non-hydrogen) atoms. The van der Waals surface area contributed by atoms with Gasteiger partial charge in [-0.25, -0.2) is 5.01 Å². The third kappa shape index (κ3) is 6.49. The lowest BCUT2D eigenvalue weighted by Gasteiger charge is -2.23. The van der Waals surface area contributed by atoms with E-state index in [1.807, 2.05) is 0 Å². The highest BCUT2D eigenvalue weighted by Gasteiger charge is 2.09. The summed E-state index contributed by atoms with van der Waals surface area (Å²) in [5.74, 6) is 6.49. The fourth-order valence-corrected chi connectivity index (χ4v) is 1.21. The number of nitrogens with two attached hydrogens (primary N) is 1. The summed E-state index contributed by atoms with van der Waals surface area (Å²) in [6.45, 7) is 10.7. The minimum Gasteiger partial charge on any atom is -0.268 e. The van der Waals surface area contributed by atoms with E-state index < -0.39 is 0 Å². The zero-order chi connectivity index (χ0) is 10.3. The van der Waals surface area contributed by atoms with Gasteiger partial charge in [0.25, 0.3) is 0 Å². The van der Waals surface area contributed by atoms with Crippen molar-refractivity contribution in [3.8, 4) is 0 Å². The van der Waals surface area contributed by atoms with E-state index in [0.717, 1.165) is 6.42 Å². The molecule has 0 aromatic carbocycles. The maximum Gasteiger partial charge on any atom is 0.0486 e. The second-order valence-electron chi connectivity index (χ2n) is 3.69. The predicted octanol–water partition coefficient (Wildman–Crippen LogP) is 1.81. The molecule has 0 aliphatic rings. The van der Waals surface area contributed by atoms with Crippen molar-refractivity contribution < 1.29 is 0 Å². The number of aliphatic imine (C=N–C) groups is 1. The van der Waals surface area contributed by atoms with Gasteiger partial charge in [-0.05, 0) is 19.3 Å². The first-order valence-electron chi connectivity index (χ1n) is 4.71. The minimum atomic E-state index is 0.399. The Kier molecular flexibility index (Phi) is 6.45. The summed E-state index contributed by atoms with van der Waals surface area (Å²) in [7, 11) is 0. The third-order valence-electron chi connectivity index (χ3n) is 1.88. The Morgan fingerprint density at radius 1 is 1.46 bits per heavy atom. The van der Waals surface area contributed by atoms with Gasteiger partial charge < -0.3 is 0 Å². The molecule has 2 N–H and O–H groups in total. The average Bonchev–Trinajstić information content (AvgIpc) is 2.03. The Morgan fingerprint density at radius 3 is 2.54 bits per heavy atom. The van der Waals surface area contributed by atoms with Crippen LogP contribution in [0, 0.1) is 5.92 Å². The van der Waals surface area contributed by atoms with Gasteiger partial charge in [-0.2, -0.15) is 0 Å². The molecule has 0 rings (SSSR count). The van der Waals surface area contributed by atoms with Gasteiger partial charge in [0.05, 0.1) is 0 Å². The van der Waals surface area contributed by atoms with E-state index in [0.29, 0.717) is 18.5 Å². The van der Waals surface area contributed by atoms with Crippen molar-refractivity contribution >= 4 is 6.21 Å². The van der Waals surface area contributed by atoms with Crippen LogP contribution in [0.25, 0.3) is 0 Å². The maximum absolute atomic E-state index is 5.81. The summed E-state index contributed by atoms with van der Waals surface area (Å²) in [5, 5.41) is 1.80. The highest BCUT2D eigenvalue weighted by molar-refractivity contribution is 5.60. The topological polar surface area (TPSA) is 41.6 Å². The molecular weight excluding hydrogens is 162 g/mol. The molecule has 1 unspecified atom stereocenters. The molecule has 1 atom stereocenters. The van der Waals surface area contributed by atoms with E-state index in [1.165, 1.54) is 6.20 Å². The Balaban J connectivity index is 3.74. The van der Waals surface area contributed by atoms with Crippen LogP contribution >= 0.6 is 0 Å². The molecule has 0 fully saturated rings. The highest BCUT2D eigenvalue weighted by Crippen LogP contribution is 2.07. The first-order chi connectivity index (χ1) is 6.07. The Morgan fingerprint density at radius 2 is 2.08 bits per heavy atom. The van der Waals surface area contributed by atoms with Crippen LogP contribution in [0.2, 0.25) is 0 Å². The van der Waals surface area contributed by atoms with Crippen LogP contribution < -0.4 is 5.84 Å². The summed E-state index contributed by atoms with van der Waals surface area (Å²) in [6, 6.07) is 0.399. The van der Waals surface area contributed by atoms with Crippen molar-refractivity contribution in [2.45, 2.75) is 33.2 Å². The van der Waals surface area contributed by atoms with E-state index in [-0.39, 0.29) is 0 Å². The number of nitrogens with zero attached hydrogens (tertiary/aromatic N) is 2. The first kappa shape index (κ1) is 12.3. The summed E-state index contributed by atoms with van der Waals surface area (Å²) >= 11 is 0. The Labute approximate surface area is 81.3 Å². The van der Waals surface area contributed by atoms with Crippen LogP contribution in [-0.2, 0) is 0 Å². The number of hydrogen-bond donors (Lipinski definition) is 1. The zero-order valence-corrected chi connectivity index (χ0v) is 8.90. The molecule has 0 saturated carbocycles. The van der Waals surface area contributed by atoms with Crippen molar-refractivity contribution in [3.63, 3.8) is 0 Å². The standard InChI is InChI=1S/C10H21N3/c1-5-12-6-7-13(11)10(4)8-9(2)3/h5-6,9-10H,1,7-8,11H2,2-4H3/b12-6-. The molecule has 3 heteroatoms. The molecular formula is C10H21N3. The fourth-order valence-electron chi connectivity index (χ4n) is 1.21. The van der Waals surface area contributed by atoms with Crippen LogP contribution in [-0.4, -0.2) is 23.8 Å². The van der Waals surface area contributed by atoms with E-state index in [9.17, 15) is 0 Å². The minimum absolute atomic E-state index is 0.399. The van der Waals surface area contributed by atoms with Gasteiger partial charge in [0.15, 0.2) is 0 Å². The fraction of sp³-hybridized carbons (Fsp3) is 0.700. The average molecular weight is 183 g/mol. The van der Waals surface area contributed by atoms with Gasteiger partial charge >= 0.3 is 0 Å². The van der Waals surface area contributed by atoms with Crippen molar-refractivity contribution in [3.05, 3.63) is 12.8 Å². The second-order valence-corrected chi connectivity index (χ2v) is 3.69. The highest BCUT2D eigenvalue weighted by atomic mass is 15.4. The predicted molar refractivity (Wildman–Crippen MR) is 58.5 cm³/mol. The molecule has 76 valence electrons. The van der Waals surface area contributed by atoms with Crippen molar-refractivity contribution in [2.24, 2.45) is 16.8 Å². The first-order valence-corrected chi connectivity index (χ1v) is 4.71. The summed E-state index contributed by atoms with van der Waals surface area (Å²) in [5.41, 5.74) is 0. The molecule has 0 heterocycles. The van der Waals surface area contributed by atoms with Crippen LogP contribution in [0.15, 0.2) is 17.8 Å². The van der Waals surface area contributed by atoms with Crippen LogP contribution in [0.1, 0.15) is 27.2 Å². The summed E-state index contributed by atoms with van der Waals surface area (Å²) < 4.78 is 0. The monoisotopic (exact) mass is 183 g/mol. The third-order valence-corrected chi connectivity index (χ3v) is 1.88. The quantitative estimate of drug-likeness (QED) is 0.387. The second kappa shape index (κ2) is 6.80. The van der Waals surface area contributed by atoms with Gasteiger partial charge in [0.2, 0.25) is 0 Å². The lowest BCUT2D eigenvalue weighted by atomic mass is 10.1. The number of hydrogen-bond acceptors (Lipinski definition) is 3. The van der Waals surface area contributed by atoms with Crippen LogP contribution in [0.4, 0.5) is 0 Å². The van der Waals surface area contributed by atoms with Gasteiger partial charge in [0, 0.05) is 25.0 Å². The smallest absolute Gasteiger partial charge is 0.0486 e. The largest absolute Gasteiger partial charge is 0.268 e. The lowest BCUT2D eigenvalue weighted by molar-refractivity contribution is 0.218. The Bertz CT molecular complexity index is 164. The molecule has 0 aromatic rings.